The van der Waals surface area contributed by atoms with E-state index in [4.69, 9.17) is 9.47 Å². The van der Waals surface area contributed by atoms with E-state index in [1.165, 1.54) is 4.90 Å². The van der Waals surface area contributed by atoms with Gasteiger partial charge < -0.3 is 14.4 Å². The molecule has 0 saturated carbocycles. The Hall–Kier alpha value is -2.24. The van der Waals surface area contributed by atoms with Gasteiger partial charge in [-0.3, -0.25) is 9.69 Å². The molecular formula is C17H24N2O4. The van der Waals surface area contributed by atoms with Crippen LogP contribution in [-0.4, -0.2) is 48.5 Å². The Bertz CT molecular complexity index is 600. The lowest BCUT2D eigenvalue weighted by atomic mass is 10.0. The number of amides is 3. The van der Waals surface area contributed by atoms with E-state index in [1.54, 1.807) is 25.2 Å². The Kier molecular flexibility index (Phi) is 5.13. The summed E-state index contributed by atoms with van der Waals surface area (Å²) in [6.07, 6.45) is 0.638. The summed E-state index contributed by atoms with van der Waals surface area (Å²) in [5, 5.41) is 0. The minimum absolute atomic E-state index is 0.000593. The molecule has 0 radical (unpaired) electrons. The van der Waals surface area contributed by atoms with Crippen LogP contribution in [0.5, 0.6) is 11.5 Å². The smallest absolute Gasteiger partial charge is 0.328 e. The second-order valence-electron chi connectivity index (χ2n) is 5.81. The lowest BCUT2D eigenvalue weighted by molar-refractivity contribution is -0.127. The van der Waals surface area contributed by atoms with Crippen LogP contribution in [0.3, 0.4) is 0 Å². The van der Waals surface area contributed by atoms with Crippen molar-refractivity contribution in [3.05, 3.63) is 23.8 Å². The number of urea groups is 1. The first-order valence-electron chi connectivity index (χ1n) is 7.79. The predicted molar refractivity (Wildman–Crippen MR) is 86.7 cm³/mol. The van der Waals surface area contributed by atoms with Crippen molar-refractivity contribution >= 4 is 11.9 Å². The summed E-state index contributed by atoms with van der Waals surface area (Å²) >= 11 is 0. The second kappa shape index (κ2) is 6.89. The van der Waals surface area contributed by atoms with Crippen LogP contribution >= 0.6 is 0 Å². The Morgan fingerprint density at radius 2 is 1.78 bits per heavy atom. The van der Waals surface area contributed by atoms with Gasteiger partial charge in [-0.1, -0.05) is 13.0 Å². The molecule has 1 aliphatic rings. The Labute approximate surface area is 137 Å². The van der Waals surface area contributed by atoms with Crippen LogP contribution in [0.2, 0.25) is 0 Å². The molecule has 23 heavy (non-hydrogen) atoms. The molecule has 1 fully saturated rings. The molecular weight excluding hydrogens is 296 g/mol. The fourth-order valence-corrected chi connectivity index (χ4v) is 2.87. The molecule has 1 heterocycles. The highest BCUT2D eigenvalue weighted by molar-refractivity contribution is 6.02. The number of carbonyl (C=O) groups is 2. The highest BCUT2D eigenvalue weighted by Gasteiger charge is 2.41. The predicted octanol–water partition coefficient (Wildman–Crippen LogP) is 2.83. The fourth-order valence-electron chi connectivity index (χ4n) is 2.87. The quantitative estimate of drug-likeness (QED) is 0.756. The Balaban J connectivity index is 2.36. The topological polar surface area (TPSA) is 59.1 Å². The van der Waals surface area contributed by atoms with Crippen molar-refractivity contribution in [1.82, 2.24) is 9.80 Å². The van der Waals surface area contributed by atoms with Crippen molar-refractivity contribution in [3.63, 3.8) is 0 Å². The molecule has 126 valence electrons. The third kappa shape index (κ3) is 3.11. The molecule has 0 unspecified atom stereocenters. The number of carbonyl (C=O) groups excluding carboxylic acids is 2. The zero-order chi connectivity index (χ0) is 17.1. The normalized spacial score (nSPS) is 16.3. The summed E-state index contributed by atoms with van der Waals surface area (Å²) < 4.78 is 10.6. The summed E-state index contributed by atoms with van der Waals surface area (Å²) in [5.41, 5.74) is 0.859. The maximum atomic E-state index is 12.6. The van der Waals surface area contributed by atoms with Gasteiger partial charge in [0.1, 0.15) is 6.54 Å². The van der Waals surface area contributed by atoms with Gasteiger partial charge in [-0.05, 0) is 38.0 Å². The van der Waals surface area contributed by atoms with Crippen molar-refractivity contribution < 1.29 is 19.1 Å². The zero-order valence-electron chi connectivity index (χ0n) is 14.3. The third-order valence-electron chi connectivity index (χ3n) is 4.14. The summed E-state index contributed by atoms with van der Waals surface area (Å²) in [7, 11) is 3.14. The van der Waals surface area contributed by atoms with Crippen molar-refractivity contribution in [2.75, 3.05) is 20.8 Å². The van der Waals surface area contributed by atoms with Gasteiger partial charge in [-0.2, -0.15) is 0 Å². The lowest BCUT2D eigenvalue weighted by Gasteiger charge is -2.27. The van der Waals surface area contributed by atoms with E-state index in [-0.39, 0.29) is 30.6 Å². The van der Waals surface area contributed by atoms with E-state index in [0.717, 1.165) is 5.56 Å². The summed E-state index contributed by atoms with van der Waals surface area (Å²) in [4.78, 5) is 27.9. The molecule has 6 heteroatoms. The van der Waals surface area contributed by atoms with Crippen LogP contribution in [-0.2, 0) is 4.79 Å². The number of ether oxygens (including phenoxy) is 2. The van der Waals surface area contributed by atoms with Crippen molar-refractivity contribution in [2.24, 2.45) is 0 Å². The minimum atomic E-state index is -0.307. The van der Waals surface area contributed by atoms with Gasteiger partial charge in [-0.15, -0.1) is 0 Å². The molecule has 2 rings (SSSR count). The number of hydrogen-bond donors (Lipinski definition) is 0. The van der Waals surface area contributed by atoms with E-state index < -0.39 is 0 Å². The van der Waals surface area contributed by atoms with Crippen LogP contribution in [0.15, 0.2) is 18.2 Å². The fraction of sp³-hybridized carbons (Fsp3) is 0.529. The summed E-state index contributed by atoms with van der Waals surface area (Å²) in [6, 6.07) is 4.95. The average molecular weight is 320 g/mol. The summed E-state index contributed by atoms with van der Waals surface area (Å²) in [5.74, 6) is 1.04. The largest absolute Gasteiger partial charge is 0.493 e. The highest BCUT2D eigenvalue weighted by Crippen LogP contribution is 2.35. The van der Waals surface area contributed by atoms with Crippen LogP contribution in [0.1, 0.15) is 38.8 Å². The number of methoxy groups -OCH3 is 2. The molecule has 1 atom stereocenters. The van der Waals surface area contributed by atoms with Crippen molar-refractivity contribution in [1.29, 1.82) is 0 Å². The number of rotatable bonds is 6. The molecule has 1 saturated heterocycles. The van der Waals surface area contributed by atoms with Crippen LogP contribution in [0, 0.1) is 0 Å². The summed E-state index contributed by atoms with van der Waals surface area (Å²) in [6.45, 7) is 5.92. The van der Waals surface area contributed by atoms with Crippen molar-refractivity contribution in [2.45, 2.75) is 39.3 Å². The molecule has 0 aliphatic carbocycles. The first kappa shape index (κ1) is 17.1. The average Bonchev–Trinajstić information content (AvgIpc) is 2.84. The molecule has 6 nitrogen and oxygen atoms in total. The molecule has 0 bridgehead atoms. The Morgan fingerprint density at radius 1 is 1.13 bits per heavy atom. The number of benzene rings is 1. The van der Waals surface area contributed by atoms with Crippen molar-refractivity contribution in [3.8, 4) is 11.5 Å². The first-order valence-corrected chi connectivity index (χ1v) is 7.79. The van der Waals surface area contributed by atoms with Crippen LogP contribution in [0.25, 0.3) is 0 Å². The minimum Gasteiger partial charge on any atom is -0.493 e. The monoisotopic (exact) mass is 320 g/mol. The van der Waals surface area contributed by atoms with Gasteiger partial charge >= 0.3 is 6.03 Å². The number of hydrogen-bond acceptors (Lipinski definition) is 4. The first-order chi connectivity index (χ1) is 10.9. The van der Waals surface area contributed by atoms with E-state index in [9.17, 15) is 9.59 Å². The van der Waals surface area contributed by atoms with Gasteiger partial charge in [0.05, 0.1) is 20.3 Å². The zero-order valence-corrected chi connectivity index (χ0v) is 14.3. The molecule has 1 aromatic carbocycles. The van der Waals surface area contributed by atoms with E-state index >= 15 is 0 Å². The molecule has 3 amide bonds. The maximum Gasteiger partial charge on any atom is 0.328 e. The van der Waals surface area contributed by atoms with Crippen LogP contribution < -0.4 is 9.47 Å². The second-order valence-corrected chi connectivity index (χ2v) is 5.81. The molecule has 0 N–H and O–H groups in total. The number of nitrogens with zero attached hydrogens (tertiary/aromatic N) is 2. The Morgan fingerprint density at radius 3 is 2.26 bits per heavy atom. The molecule has 1 aliphatic heterocycles. The van der Waals surface area contributed by atoms with Gasteiger partial charge in [0.15, 0.2) is 11.5 Å². The molecule has 0 aromatic heterocycles. The van der Waals surface area contributed by atoms with E-state index in [0.29, 0.717) is 17.9 Å². The number of imide groups is 1. The third-order valence-corrected chi connectivity index (χ3v) is 4.14. The molecule has 0 spiro atoms. The van der Waals surface area contributed by atoms with E-state index in [1.807, 2.05) is 32.9 Å². The highest BCUT2D eigenvalue weighted by atomic mass is 16.5. The van der Waals surface area contributed by atoms with E-state index in [2.05, 4.69) is 0 Å². The van der Waals surface area contributed by atoms with Gasteiger partial charge in [0.25, 0.3) is 5.91 Å². The SMILES string of the molecule is CC[C@@H](c1ccc(OC)c(OC)c1)N1C(=O)CN(C(C)C)C1=O. The van der Waals surface area contributed by atoms with Gasteiger partial charge in [0.2, 0.25) is 0 Å². The maximum absolute atomic E-state index is 12.6. The van der Waals surface area contributed by atoms with Gasteiger partial charge in [-0.25, -0.2) is 4.79 Å². The van der Waals surface area contributed by atoms with Gasteiger partial charge in [0, 0.05) is 6.04 Å². The standard InChI is InChI=1S/C17H24N2O4/c1-6-13(12-7-8-14(22-4)15(9-12)23-5)19-16(20)10-18(11(2)3)17(19)21/h7-9,11,13H,6,10H2,1-5H3/t13-/m0/s1. The van der Waals surface area contributed by atoms with Crippen LogP contribution in [0.4, 0.5) is 4.79 Å². The molecule has 1 aromatic rings. The lowest BCUT2D eigenvalue weighted by Crippen LogP contribution is -2.38.